The highest BCUT2D eigenvalue weighted by Crippen LogP contribution is 2.49. The molecule has 0 radical (unpaired) electrons. The molecule has 1 aromatic rings. The van der Waals surface area contributed by atoms with Crippen LogP contribution in [0.3, 0.4) is 0 Å². The Labute approximate surface area is 184 Å². The Morgan fingerprint density at radius 2 is 2.03 bits per heavy atom. The molecular formula is C27H30O4. The molecule has 0 saturated heterocycles. The Hall–Kier alpha value is -2.72. The van der Waals surface area contributed by atoms with Crippen molar-refractivity contribution in [2.75, 3.05) is 20.3 Å². The number of hydrogen-bond donors (Lipinski definition) is 0. The minimum absolute atomic E-state index is 0.0246. The van der Waals surface area contributed by atoms with Gasteiger partial charge in [0.25, 0.3) is 0 Å². The lowest BCUT2D eigenvalue weighted by Crippen LogP contribution is -2.24. The van der Waals surface area contributed by atoms with E-state index in [9.17, 15) is 9.59 Å². The summed E-state index contributed by atoms with van der Waals surface area (Å²) in [5.74, 6) is 0.792. The van der Waals surface area contributed by atoms with E-state index in [1.54, 1.807) is 13.2 Å². The zero-order chi connectivity index (χ0) is 22.0. The van der Waals surface area contributed by atoms with Gasteiger partial charge in [-0.2, -0.15) is 0 Å². The highest BCUT2D eigenvalue weighted by Gasteiger charge is 2.54. The van der Waals surface area contributed by atoms with Gasteiger partial charge < -0.3 is 9.47 Å². The Kier molecular flexibility index (Phi) is 6.10. The Morgan fingerprint density at radius 1 is 1.23 bits per heavy atom. The molecule has 3 aliphatic rings. The van der Waals surface area contributed by atoms with Crippen molar-refractivity contribution in [2.24, 2.45) is 5.41 Å². The second kappa shape index (κ2) is 8.80. The molecule has 0 amide bonds. The van der Waals surface area contributed by atoms with Crippen LogP contribution in [0.25, 0.3) is 11.6 Å². The highest BCUT2D eigenvalue weighted by molar-refractivity contribution is 6.15. The van der Waals surface area contributed by atoms with Gasteiger partial charge in [0.2, 0.25) is 0 Å². The summed E-state index contributed by atoms with van der Waals surface area (Å²) in [7, 11) is 1.68. The second-order valence-corrected chi connectivity index (χ2v) is 8.86. The van der Waals surface area contributed by atoms with Crippen molar-refractivity contribution in [1.82, 2.24) is 0 Å². The molecule has 0 atom stereocenters. The van der Waals surface area contributed by atoms with Crippen LogP contribution in [0.15, 0.2) is 47.6 Å². The summed E-state index contributed by atoms with van der Waals surface area (Å²) in [5, 5.41) is 0. The number of carbonyl (C=O) groups is 2. The number of fused-ring (bicyclic) bond motifs is 1. The zero-order valence-corrected chi connectivity index (χ0v) is 18.6. The predicted molar refractivity (Wildman–Crippen MR) is 123 cm³/mol. The van der Waals surface area contributed by atoms with Gasteiger partial charge in [-0.05, 0) is 80.0 Å². The van der Waals surface area contributed by atoms with Gasteiger partial charge in [-0.1, -0.05) is 29.9 Å². The largest absolute Gasteiger partial charge is 0.496 e. The number of allylic oxidation sites excluding steroid dienone is 5. The third-order valence-electron chi connectivity index (χ3n) is 6.37. The lowest BCUT2D eigenvalue weighted by atomic mass is 9.88. The quantitative estimate of drug-likeness (QED) is 0.447. The van der Waals surface area contributed by atoms with Gasteiger partial charge in [0, 0.05) is 12.0 Å². The third-order valence-corrected chi connectivity index (χ3v) is 6.37. The fourth-order valence-electron chi connectivity index (χ4n) is 4.49. The van der Waals surface area contributed by atoms with Crippen LogP contribution in [0, 0.1) is 5.41 Å². The van der Waals surface area contributed by atoms with E-state index in [1.807, 2.05) is 26.0 Å². The molecule has 4 heteroatoms. The van der Waals surface area contributed by atoms with Crippen molar-refractivity contribution in [3.05, 3.63) is 64.3 Å². The van der Waals surface area contributed by atoms with Crippen molar-refractivity contribution in [3.63, 3.8) is 0 Å². The van der Waals surface area contributed by atoms with E-state index in [0.29, 0.717) is 19.4 Å². The van der Waals surface area contributed by atoms with Gasteiger partial charge in [-0.25, -0.2) is 0 Å². The molecule has 0 N–H and O–H groups in total. The number of Topliss-reactive ketones (excluding diaryl/α,β-unsaturated/α-hetero) is 1. The average molecular weight is 419 g/mol. The smallest absolute Gasteiger partial charge is 0.169 e. The summed E-state index contributed by atoms with van der Waals surface area (Å²) in [4.78, 5) is 25.8. The molecular weight excluding hydrogens is 388 g/mol. The van der Waals surface area contributed by atoms with Crippen LogP contribution in [0.1, 0.15) is 56.2 Å². The van der Waals surface area contributed by atoms with Crippen molar-refractivity contribution >= 4 is 23.2 Å². The summed E-state index contributed by atoms with van der Waals surface area (Å²) in [5.41, 5.74) is 5.83. The SMILES string of the molecule is COc1ccc(C2=CCOCC2)c2c1C=C(CC(=O)C1(C(=O)C=C(C)C)CC1)C=CC2. The maximum absolute atomic E-state index is 13.1. The van der Waals surface area contributed by atoms with Gasteiger partial charge in [0.1, 0.15) is 5.75 Å². The molecule has 31 heavy (non-hydrogen) atoms. The van der Waals surface area contributed by atoms with Gasteiger partial charge >= 0.3 is 0 Å². The first-order valence-corrected chi connectivity index (χ1v) is 11.0. The first-order valence-electron chi connectivity index (χ1n) is 11.0. The van der Waals surface area contributed by atoms with E-state index in [1.165, 1.54) is 16.7 Å². The number of carbonyl (C=O) groups excluding carboxylic acids is 2. The lowest BCUT2D eigenvalue weighted by Gasteiger charge is -2.20. The van der Waals surface area contributed by atoms with Crippen LogP contribution in [0.5, 0.6) is 5.75 Å². The Balaban J connectivity index is 1.66. The second-order valence-electron chi connectivity index (χ2n) is 8.86. The summed E-state index contributed by atoms with van der Waals surface area (Å²) in [6.45, 7) is 5.16. The highest BCUT2D eigenvalue weighted by atomic mass is 16.5. The molecule has 0 bridgehead atoms. The molecule has 4 nitrogen and oxygen atoms in total. The van der Waals surface area contributed by atoms with Crippen molar-refractivity contribution in [3.8, 4) is 5.75 Å². The lowest BCUT2D eigenvalue weighted by molar-refractivity contribution is -0.131. The molecule has 4 rings (SSSR count). The normalized spacial score (nSPS) is 18.8. The monoisotopic (exact) mass is 418 g/mol. The number of hydrogen-bond acceptors (Lipinski definition) is 4. The average Bonchev–Trinajstić information content (AvgIpc) is 3.58. The summed E-state index contributed by atoms with van der Waals surface area (Å²) in [6, 6.07) is 4.14. The van der Waals surface area contributed by atoms with Gasteiger partial charge in [0.15, 0.2) is 11.6 Å². The van der Waals surface area contributed by atoms with E-state index >= 15 is 0 Å². The minimum Gasteiger partial charge on any atom is -0.496 e. The van der Waals surface area contributed by atoms with Gasteiger partial charge in [-0.15, -0.1) is 0 Å². The number of benzene rings is 1. The predicted octanol–water partition coefficient (Wildman–Crippen LogP) is 5.27. The number of ether oxygens (including phenoxy) is 2. The number of methoxy groups -OCH3 is 1. The third kappa shape index (κ3) is 4.35. The molecule has 1 saturated carbocycles. The van der Waals surface area contributed by atoms with Crippen molar-refractivity contribution in [1.29, 1.82) is 0 Å². The molecule has 1 aromatic carbocycles. The van der Waals surface area contributed by atoms with Crippen LogP contribution in [-0.4, -0.2) is 31.9 Å². The Morgan fingerprint density at radius 3 is 2.68 bits per heavy atom. The van der Waals surface area contributed by atoms with Crippen LogP contribution < -0.4 is 4.74 Å². The van der Waals surface area contributed by atoms with Crippen LogP contribution in [0.2, 0.25) is 0 Å². The fraction of sp³-hybridized carbons (Fsp3) is 0.407. The van der Waals surface area contributed by atoms with E-state index in [0.717, 1.165) is 41.9 Å². The summed E-state index contributed by atoms with van der Waals surface area (Å²) < 4.78 is 11.1. The van der Waals surface area contributed by atoms with Crippen LogP contribution in [-0.2, 0) is 20.7 Å². The maximum Gasteiger partial charge on any atom is 0.169 e. The molecule has 0 unspecified atom stereocenters. The van der Waals surface area contributed by atoms with Crippen molar-refractivity contribution in [2.45, 2.75) is 46.0 Å². The molecule has 0 spiro atoms. The molecule has 1 aliphatic heterocycles. The first kappa shape index (κ1) is 21.5. The van der Waals surface area contributed by atoms with Crippen molar-refractivity contribution < 1.29 is 19.1 Å². The van der Waals surface area contributed by atoms with Crippen LogP contribution >= 0.6 is 0 Å². The van der Waals surface area contributed by atoms with E-state index in [-0.39, 0.29) is 18.0 Å². The van der Waals surface area contributed by atoms with E-state index in [2.05, 4.69) is 24.3 Å². The van der Waals surface area contributed by atoms with E-state index < -0.39 is 5.41 Å². The first-order chi connectivity index (χ1) is 14.9. The Bertz CT molecular complexity index is 1030. The van der Waals surface area contributed by atoms with Gasteiger partial charge in [0.05, 0.1) is 25.7 Å². The molecule has 2 aliphatic carbocycles. The molecule has 162 valence electrons. The maximum atomic E-state index is 13.1. The minimum atomic E-state index is -0.806. The molecule has 1 heterocycles. The summed E-state index contributed by atoms with van der Waals surface area (Å²) >= 11 is 0. The van der Waals surface area contributed by atoms with Gasteiger partial charge in [-0.3, -0.25) is 9.59 Å². The summed E-state index contributed by atoms with van der Waals surface area (Å²) in [6.07, 6.45) is 13.2. The topological polar surface area (TPSA) is 52.6 Å². The number of ketones is 2. The zero-order valence-electron chi connectivity index (χ0n) is 18.6. The van der Waals surface area contributed by atoms with Crippen LogP contribution in [0.4, 0.5) is 0 Å². The number of rotatable bonds is 7. The standard InChI is InChI=1S/C27H30O4/c1-18(2)15-25(28)27(11-12-27)26(29)17-19-5-4-6-22-21(20-9-13-31-14-10-20)7-8-24(30-3)23(22)16-19/h4-5,7-9,15-16H,6,10-14,17H2,1-3H3. The molecule has 1 fully saturated rings. The molecule has 0 aromatic heterocycles. The fourth-order valence-corrected chi connectivity index (χ4v) is 4.49. The van der Waals surface area contributed by atoms with E-state index in [4.69, 9.17) is 9.47 Å².